The van der Waals surface area contributed by atoms with E-state index in [1.165, 1.54) is 14.0 Å². The topological polar surface area (TPSA) is 131 Å². The zero-order chi connectivity index (χ0) is 25.1. The summed E-state index contributed by atoms with van der Waals surface area (Å²) in [5.41, 5.74) is 0.980. The summed E-state index contributed by atoms with van der Waals surface area (Å²) in [7, 11) is 1.47. The minimum atomic E-state index is -0.859. The van der Waals surface area contributed by atoms with E-state index >= 15 is 0 Å². The van der Waals surface area contributed by atoms with E-state index in [2.05, 4.69) is 16.0 Å². The predicted molar refractivity (Wildman–Crippen MR) is 124 cm³/mol. The smallest absolute Gasteiger partial charge is 0.243 e. The van der Waals surface area contributed by atoms with Crippen molar-refractivity contribution in [2.45, 2.75) is 53.5 Å². The van der Waals surface area contributed by atoms with Gasteiger partial charge in [0.25, 0.3) is 0 Å². The third kappa shape index (κ3) is 9.84. The second kappa shape index (κ2) is 13.3. The number of hydrogen-bond donors (Lipinski definition) is 3. The Labute approximate surface area is 195 Å². The molecule has 3 amide bonds. The highest BCUT2D eigenvalue weighted by Crippen LogP contribution is 2.21. The predicted octanol–water partition coefficient (Wildman–Crippen LogP) is 1.43. The van der Waals surface area contributed by atoms with E-state index in [4.69, 9.17) is 4.74 Å². The third-order valence-corrected chi connectivity index (χ3v) is 4.84. The lowest BCUT2D eigenvalue weighted by atomic mass is 10.0. The maximum atomic E-state index is 12.6. The van der Waals surface area contributed by atoms with E-state index in [1.54, 1.807) is 32.0 Å². The maximum Gasteiger partial charge on any atom is 0.243 e. The van der Waals surface area contributed by atoms with Crippen LogP contribution in [-0.2, 0) is 25.6 Å². The number of carbonyl (C=O) groups is 5. The van der Waals surface area contributed by atoms with Crippen LogP contribution in [0.25, 0.3) is 0 Å². The van der Waals surface area contributed by atoms with E-state index in [0.29, 0.717) is 23.3 Å². The SMILES string of the molecule is COc1ccc(C(C)=O)cc1CC(=O)NC(C(=O)NCC(=O)CNC(=O)CC(C)C)C(C)C. The van der Waals surface area contributed by atoms with Gasteiger partial charge in [-0.15, -0.1) is 0 Å². The van der Waals surface area contributed by atoms with Crippen LogP contribution in [0.1, 0.15) is 57.0 Å². The van der Waals surface area contributed by atoms with Crippen molar-refractivity contribution in [2.75, 3.05) is 20.2 Å². The van der Waals surface area contributed by atoms with Gasteiger partial charge < -0.3 is 20.7 Å². The molecule has 0 aliphatic heterocycles. The van der Waals surface area contributed by atoms with Crippen molar-refractivity contribution in [3.8, 4) is 5.75 Å². The van der Waals surface area contributed by atoms with E-state index in [9.17, 15) is 24.0 Å². The molecule has 33 heavy (non-hydrogen) atoms. The van der Waals surface area contributed by atoms with Crippen molar-refractivity contribution in [2.24, 2.45) is 11.8 Å². The molecule has 1 aromatic rings. The molecular weight excluding hydrogens is 426 g/mol. The van der Waals surface area contributed by atoms with Gasteiger partial charge >= 0.3 is 0 Å². The van der Waals surface area contributed by atoms with Crippen LogP contribution < -0.4 is 20.7 Å². The summed E-state index contributed by atoms with van der Waals surface area (Å²) in [6.07, 6.45) is 0.239. The van der Waals surface area contributed by atoms with Crippen molar-refractivity contribution in [3.05, 3.63) is 29.3 Å². The van der Waals surface area contributed by atoms with Crippen molar-refractivity contribution < 1.29 is 28.7 Å². The molecule has 0 saturated heterocycles. The molecule has 0 radical (unpaired) electrons. The summed E-state index contributed by atoms with van der Waals surface area (Å²) in [5.74, 6) is -1.21. The molecule has 182 valence electrons. The second-order valence-corrected chi connectivity index (χ2v) is 8.68. The van der Waals surface area contributed by atoms with Crippen molar-refractivity contribution in [1.29, 1.82) is 0 Å². The lowest BCUT2D eigenvalue weighted by Crippen LogP contribution is -2.51. The molecule has 3 N–H and O–H groups in total. The zero-order valence-corrected chi connectivity index (χ0v) is 20.2. The van der Waals surface area contributed by atoms with Gasteiger partial charge in [0.2, 0.25) is 17.7 Å². The number of nitrogens with one attached hydrogen (secondary N) is 3. The summed E-state index contributed by atoms with van der Waals surface area (Å²) in [5, 5.41) is 7.74. The Morgan fingerprint density at radius 3 is 2.12 bits per heavy atom. The molecule has 1 unspecified atom stereocenters. The van der Waals surface area contributed by atoms with Crippen LogP contribution in [0.15, 0.2) is 18.2 Å². The lowest BCUT2D eigenvalue weighted by molar-refractivity contribution is -0.131. The normalized spacial score (nSPS) is 11.6. The highest BCUT2D eigenvalue weighted by atomic mass is 16.5. The monoisotopic (exact) mass is 461 g/mol. The van der Waals surface area contributed by atoms with Crippen molar-refractivity contribution >= 4 is 29.3 Å². The number of carbonyl (C=O) groups excluding carboxylic acids is 5. The summed E-state index contributed by atoms with van der Waals surface area (Å²) >= 11 is 0. The molecule has 1 atom stereocenters. The summed E-state index contributed by atoms with van der Waals surface area (Å²) in [6, 6.07) is 3.98. The molecule has 0 saturated carbocycles. The van der Waals surface area contributed by atoms with Crippen LogP contribution in [0, 0.1) is 11.8 Å². The molecule has 0 heterocycles. The maximum absolute atomic E-state index is 12.6. The summed E-state index contributed by atoms with van der Waals surface area (Å²) < 4.78 is 5.27. The molecule has 0 fully saturated rings. The fraction of sp³-hybridized carbons (Fsp3) is 0.542. The van der Waals surface area contributed by atoms with Gasteiger partial charge in [-0.2, -0.15) is 0 Å². The van der Waals surface area contributed by atoms with Crippen LogP contribution in [0.4, 0.5) is 0 Å². The number of ether oxygens (including phenoxy) is 1. The number of rotatable bonds is 13. The quantitative estimate of drug-likeness (QED) is 0.381. The minimum Gasteiger partial charge on any atom is -0.496 e. The summed E-state index contributed by atoms with van der Waals surface area (Å²) in [4.78, 5) is 60.5. The van der Waals surface area contributed by atoms with E-state index in [1.807, 2.05) is 13.8 Å². The molecule has 1 rings (SSSR count). The highest BCUT2D eigenvalue weighted by Gasteiger charge is 2.25. The second-order valence-electron chi connectivity index (χ2n) is 8.68. The first kappa shape index (κ1) is 27.8. The average molecular weight is 462 g/mol. The molecule has 0 aliphatic carbocycles. The number of benzene rings is 1. The Hall–Kier alpha value is -3.23. The molecule has 0 aliphatic rings. The molecule has 0 bridgehead atoms. The molecule has 0 aromatic heterocycles. The fourth-order valence-corrected chi connectivity index (χ4v) is 3.07. The first-order chi connectivity index (χ1) is 15.4. The molecule has 1 aromatic carbocycles. The highest BCUT2D eigenvalue weighted by molar-refractivity contribution is 5.95. The van der Waals surface area contributed by atoms with Gasteiger partial charge in [0.05, 0.1) is 26.6 Å². The number of ketones is 2. The Balaban J connectivity index is 2.69. The van der Waals surface area contributed by atoms with Gasteiger partial charge in [0.15, 0.2) is 11.6 Å². The van der Waals surface area contributed by atoms with Crippen LogP contribution in [-0.4, -0.2) is 55.5 Å². The number of Topliss-reactive ketones (excluding diaryl/α,β-unsaturated/α-hetero) is 2. The first-order valence-electron chi connectivity index (χ1n) is 11.0. The Morgan fingerprint density at radius 2 is 1.58 bits per heavy atom. The Kier molecular flexibility index (Phi) is 11.2. The standard InChI is InChI=1S/C24H35N3O6/c1-14(2)9-21(30)25-12-19(29)13-26-24(32)23(15(3)4)27-22(31)11-18-10-17(16(5)28)7-8-20(18)33-6/h7-8,10,14-15,23H,9,11-13H2,1-6H3,(H,25,30)(H,26,32)(H,27,31). The minimum absolute atomic E-state index is 0.0817. The third-order valence-electron chi connectivity index (χ3n) is 4.84. The number of hydrogen-bond acceptors (Lipinski definition) is 6. The molecular formula is C24H35N3O6. The van der Waals surface area contributed by atoms with Crippen molar-refractivity contribution in [3.63, 3.8) is 0 Å². The van der Waals surface area contributed by atoms with Gasteiger partial charge in [0.1, 0.15) is 11.8 Å². The zero-order valence-electron chi connectivity index (χ0n) is 20.2. The molecule has 9 nitrogen and oxygen atoms in total. The van der Waals surface area contributed by atoms with Crippen LogP contribution >= 0.6 is 0 Å². The van der Waals surface area contributed by atoms with Gasteiger partial charge in [-0.1, -0.05) is 27.7 Å². The van der Waals surface area contributed by atoms with Crippen molar-refractivity contribution in [1.82, 2.24) is 16.0 Å². The summed E-state index contributed by atoms with van der Waals surface area (Å²) in [6.45, 7) is 8.36. The number of methoxy groups -OCH3 is 1. The largest absolute Gasteiger partial charge is 0.496 e. The number of amides is 3. The van der Waals surface area contributed by atoms with Gasteiger partial charge in [-0.05, 0) is 37.0 Å². The Bertz CT molecular complexity index is 879. The van der Waals surface area contributed by atoms with E-state index in [-0.39, 0.29) is 48.8 Å². The van der Waals surface area contributed by atoms with Gasteiger partial charge in [-0.25, -0.2) is 0 Å². The lowest BCUT2D eigenvalue weighted by Gasteiger charge is -2.22. The van der Waals surface area contributed by atoms with Crippen LogP contribution in [0.5, 0.6) is 5.75 Å². The molecule has 0 spiro atoms. The molecule has 9 heteroatoms. The Morgan fingerprint density at radius 1 is 0.939 bits per heavy atom. The van der Waals surface area contributed by atoms with Crippen LogP contribution in [0.2, 0.25) is 0 Å². The van der Waals surface area contributed by atoms with Gasteiger partial charge in [-0.3, -0.25) is 24.0 Å². The van der Waals surface area contributed by atoms with Gasteiger partial charge in [0, 0.05) is 17.5 Å². The van der Waals surface area contributed by atoms with Crippen LogP contribution in [0.3, 0.4) is 0 Å². The fourth-order valence-electron chi connectivity index (χ4n) is 3.07. The first-order valence-corrected chi connectivity index (χ1v) is 11.0. The average Bonchev–Trinajstić information content (AvgIpc) is 2.73. The van der Waals surface area contributed by atoms with E-state index < -0.39 is 17.9 Å². The van der Waals surface area contributed by atoms with E-state index in [0.717, 1.165) is 0 Å².